The zero-order chi connectivity index (χ0) is 10.7. The van der Waals surface area contributed by atoms with Gasteiger partial charge in [0, 0.05) is 12.6 Å². The highest BCUT2D eigenvalue weighted by Gasteiger charge is 2.03. The lowest BCUT2D eigenvalue weighted by atomic mass is 10.2. The van der Waals surface area contributed by atoms with Gasteiger partial charge in [0.2, 0.25) is 6.08 Å². The van der Waals surface area contributed by atoms with E-state index in [9.17, 15) is 4.79 Å². The van der Waals surface area contributed by atoms with Gasteiger partial charge in [-0.1, -0.05) is 0 Å². The van der Waals surface area contributed by atoms with Crippen molar-refractivity contribution in [3.63, 3.8) is 0 Å². The Morgan fingerprint density at radius 3 is 2.60 bits per heavy atom. The summed E-state index contributed by atoms with van der Waals surface area (Å²) in [6.07, 6.45) is 3.12. The molecule has 5 nitrogen and oxygen atoms in total. The molecule has 1 aromatic carbocycles. The van der Waals surface area contributed by atoms with Gasteiger partial charge in [-0.05, 0) is 24.3 Å². The molecule has 1 aromatic heterocycles. The molecule has 0 amide bonds. The van der Waals surface area contributed by atoms with Crippen LogP contribution in [0, 0.1) is 0 Å². The molecule has 0 N–H and O–H groups in total. The number of hydrogen-bond acceptors (Lipinski definition) is 4. The van der Waals surface area contributed by atoms with Crippen LogP contribution < -0.4 is 0 Å². The van der Waals surface area contributed by atoms with Gasteiger partial charge in [-0.2, -0.15) is 4.99 Å². The first-order valence-electron chi connectivity index (χ1n) is 4.33. The fraction of sp³-hybridized carbons (Fsp3) is 0.100. The number of carbonyl (C=O) groups excluding carboxylic acids is 1. The van der Waals surface area contributed by atoms with E-state index in [-0.39, 0.29) is 0 Å². The Morgan fingerprint density at radius 2 is 2.07 bits per heavy atom. The summed E-state index contributed by atoms with van der Waals surface area (Å²) in [6, 6.07) is 7.13. The molecule has 0 unspecified atom stereocenters. The number of aryl methyl sites for hydroxylation is 1. The minimum Gasteiger partial charge on any atom is -0.317 e. The van der Waals surface area contributed by atoms with Gasteiger partial charge < -0.3 is 4.57 Å². The van der Waals surface area contributed by atoms with Crippen molar-refractivity contribution < 1.29 is 4.79 Å². The van der Waals surface area contributed by atoms with Crippen molar-refractivity contribution in [1.29, 1.82) is 0 Å². The lowest BCUT2D eigenvalue weighted by molar-refractivity contribution is 0.565. The average Bonchev–Trinajstić information content (AvgIpc) is 2.66. The van der Waals surface area contributed by atoms with E-state index in [4.69, 9.17) is 0 Å². The Balaban J connectivity index is 2.40. The van der Waals surface area contributed by atoms with E-state index >= 15 is 0 Å². The summed E-state index contributed by atoms with van der Waals surface area (Å²) in [6.45, 7) is 0. The van der Waals surface area contributed by atoms with Gasteiger partial charge >= 0.3 is 0 Å². The topological polar surface area (TPSA) is 60.1 Å². The quantitative estimate of drug-likeness (QED) is 0.544. The van der Waals surface area contributed by atoms with Crippen molar-refractivity contribution in [2.45, 2.75) is 0 Å². The van der Waals surface area contributed by atoms with E-state index in [0.717, 1.165) is 11.4 Å². The molecule has 1 heterocycles. The highest BCUT2D eigenvalue weighted by atomic mass is 16.1. The molecule has 2 rings (SSSR count). The summed E-state index contributed by atoms with van der Waals surface area (Å²) in [5.74, 6) is 0.775. The fourth-order valence-corrected chi connectivity index (χ4v) is 1.28. The molecular formula is C10H8N4O. The summed E-state index contributed by atoms with van der Waals surface area (Å²) < 4.78 is 1.82. The van der Waals surface area contributed by atoms with Crippen LogP contribution in [0.15, 0.2) is 35.6 Å². The van der Waals surface area contributed by atoms with Gasteiger partial charge in [-0.15, -0.1) is 10.2 Å². The van der Waals surface area contributed by atoms with Crippen LogP contribution in [0.1, 0.15) is 0 Å². The number of aliphatic imine (C=N–C) groups is 1. The third kappa shape index (κ3) is 1.82. The maximum atomic E-state index is 10.0. The number of nitrogens with zero attached hydrogens (tertiary/aromatic N) is 4. The SMILES string of the molecule is Cn1cnnc1-c1ccc(N=C=O)cc1. The Kier molecular flexibility index (Phi) is 2.39. The van der Waals surface area contributed by atoms with Crippen LogP contribution >= 0.6 is 0 Å². The van der Waals surface area contributed by atoms with Crippen LogP contribution in [-0.4, -0.2) is 20.8 Å². The Labute approximate surface area is 86.1 Å². The molecule has 0 aliphatic rings. The van der Waals surface area contributed by atoms with E-state index in [1.54, 1.807) is 18.5 Å². The molecule has 0 saturated heterocycles. The summed E-state index contributed by atoms with van der Waals surface area (Å²) in [5, 5.41) is 7.75. The number of isocyanates is 1. The van der Waals surface area contributed by atoms with Gasteiger partial charge in [-0.3, -0.25) is 0 Å². The lowest BCUT2D eigenvalue weighted by Gasteiger charge is -1.99. The van der Waals surface area contributed by atoms with Gasteiger partial charge in [0.15, 0.2) is 5.82 Å². The molecule has 0 saturated carbocycles. The monoisotopic (exact) mass is 200 g/mol. The molecule has 74 valence electrons. The van der Waals surface area contributed by atoms with E-state index in [1.807, 2.05) is 23.7 Å². The van der Waals surface area contributed by atoms with Crippen molar-refractivity contribution >= 4 is 11.8 Å². The maximum Gasteiger partial charge on any atom is 0.240 e. The first kappa shape index (κ1) is 9.30. The van der Waals surface area contributed by atoms with Gasteiger partial charge in [-0.25, -0.2) is 4.79 Å². The lowest BCUT2D eigenvalue weighted by Crippen LogP contribution is -1.90. The molecule has 2 aromatic rings. The van der Waals surface area contributed by atoms with Crippen molar-refractivity contribution in [1.82, 2.24) is 14.8 Å². The molecule has 0 fully saturated rings. The normalized spacial score (nSPS) is 9.67. The number of rotatable bonds is 2. The van der Waals surface area contributed by atoms with Crippen LogP contribution in [-0.2, 0) is 11.8 Å². The van der Waals surface area contributed by atoms with E-state index < -0.39 is 0 Å². The highest BCUT2D eigenvalue weighted by molar-refractivity contribution is 5.59. The van der Waals surface area contributed by atoms with E-state index in [0.29, 0.717) is 5.69 Å². The maximum absolute atomic E-state index is 10.0. The fourth-order valence-electron chi connectivity index (χ4n) is 1.28. The van der Waals surface area contributed by atoms with Crippen molar-refractivity contribution in [3.8, 4) is 11.4 Å². The summed E-state index contributed by atoms with van der Waals surface area (Å²) in [4.78, 5) is 13.5. The number of aromatic nitrogens is 3. The third-order valence-corrected chi connectivity index (χ3v) is 2.01. The molecule has 0 aliphatic carbocycles. The first-order valence-corrected chi connectivity index (χ1v) is 4.33. The predicted octanol–water partition coefficient (Wildman–Crippen LogP) is 1.45. The molecule has 0 atom stereocenters. The number of hydrogen-bond donors (Lipinski definition) is 0. The van der Waals surface area contributed by atoms with Crippen LogP contribution in [0.3, 0.4) is 0 Å². The van der Waals surface area contributed by atoms with E-state index in [2.05, 4.69) is 15.2 Å². The van der Waals surface area contributed by atoms with Crippen LogP contribution in [0.5, 0.6) is 0 Å². The third-order valence-electron chi connectivity index (χ3n) is 2.01. The van der Waals surface area contributed by atoms with E-state index in [1.165, 1.54) is 6.08 Å². The van der Waals surface area contributed by atoms with Crippen LogP contribution in [0.4, 0.5) is 5.69 Å². The minimum absolute atomic E-state index is 0.580. The molecule has 0 bridgehead atoms. The van der Waals surface area contributed by atoms with Gasteiger partial charge in [0.05, 0.1) is 5.69 Å². The highest BCUT2D eigenvalue weighted by Crippen LogP contribution is 2.19. The molecular weight excluding hydrogens is 192 g/mol. The Bertz CT molecular complexity index is 508. The molecule has 0 spiro atoms. The second-order valence-electron chi connectivity index (χ2n) is 3.02. The molecule has 5 heteroatoms. The first-order chi connectivity index (χ1) is 7.31. The van der Waals surface area contributed by atoms with Crippen molar-refractivity contribution in [2.24, 2.45) is 12.0 Å². The Hall–Kier alpha value is -2.26. The smallest absolute Gasteiger partial charge is 0.240 e. The second kappa shape index (κ2) is 3.86. The zero-order valence-corrected chi connectivity index (χ0v) is 8.08. The predicted molar refractivity (Wildman–Crippen MR) is 54.2 cm³/mol. The van der Waals surface area contributed by atoms with Gasteiger partial charge in [0.25, 0.3) is 0 Å². The molecule has 15 heavy (non-hydrogen) atoms. The summed E-state index contributed by atoms with van der Waals surface area (Å²) in [7, 11) is 1.87. The van der Waals surface area contributed by atoms with Crippen molar-refractivity contribution in [2.75, 3.05) is 0 Å². The molecule has 0 radical (unpaired) electrons. The zero-order valence-electron chi connectivity index (χ0n) is 8.08. The Morgan fingerprint density at radius 1 is 1.33 bits per heavy atom. The largest absolute Gasteiger partial charge is 0.317 e. The number of benzene rings is 1. The second-order valence-corrected chi connectivity index (χ2v) is 3.02. The van der Waals surface area contributed by atoms with Gasteiger partial charge in [0.1, 0.15) is 6.33 Å². The molecule has 0 aliphatic heterocycles. The summed E-state index contributed by atoms with van der Waals surface area (Å²) >= 11 is 0. The van der Waals surface area contributed by atoms with Crippen LogP contribution in [0.25, 0.3) is 11.4 Å². The minimum atomic E-state index is 0.580. The summed E-state index contributed by atoms with van der Waals surface area (Å²) in [5.41, 5.74) is 1.51. The van der Waals surface area contributed by atoms with Crippen LogP contribution in [0.2, 0.25) is 0 Å². The standard InChI is InChI=1S/C10H8N4O/c1-14-6-12-13-10(14)8-2-4-9(5-3-8)11-7-15/h2-6H,1H3. The van der Waals surface area contributed by atoms with Crippen molar-refractivity contribution in [3.05, 3.63) is 30.6 Å². The average molecular weight is 200 g/mol.